The summed E-state index contributed by atoms with van der Waals surface area (Å²) >= 11 is 1.06. The van der Waals surface area contributed by atoms with Gasteiger partial charge in [0.1, 0.15) is 11.5 Å². The number of nitrogens with one attached hydrogen (secondary N) is 1. The lowest BCUT2D eigenvalue weighted by atomic mass is 9.92. The average molecular weight is 291 g/mol. The van der Waals surface area contributed by atoms with Crippen LogP contribution in [-0.2, 0) is 9.59 Å². The Balaban J connectivity index is 2.35. The van der Waals surface area contributed by atoms with Crippen molar-refractivity contribution in [2.24, 2.45) is 5.73 Å². The molecule has 2 amide bonds. The molecule has 0 fully saturated rings. The van der Waals surface area contributed by atoms with Crippen LogP contribution in [0.25, 0.3) is 0 Å². The van der Waals surface area contributed by atoms with Gasteiger partial charge in [0, 0.05) is 6.42 Å². The van der Waals surface area contributed by atoms with Gasteiger partial charge in [-0.3, -0.25) is 9.59 Å². The van der Waals surface area contributed by atoms with Crippen LogP contribution in [-0.4, -0.2) is 17.6 Å². The number of nitrogens with two attached hydrogens (primary N) is 1. The summed E-state index contributed by atoms with van der Waals surface area (Å²) in [6.45, 7) is 1.80. The molecule has 2 heterocycles. The smallest absolute Gasteiger partial charge is 0.227 e. The van der Waals surface area contributed by atoms with E-state index in [0.29, 0.717) is 16.4 Å². The van der Waals surface area contributed by atoms with Crippen LogP contribution in [0.2, 0.25) is 0 Å². The van der Waals surface area contributed by atoms with Crippen molar-refractivity contribution in [3.8, 4) is 6.07 Å². The zero-order chi connectivity index (χ0) is 14.7. The van der Waals surface area contributed by atoms with E-state index in [-0.39, 0.29) is 18.1 Å². The number of nitriles is 1. The molecule has 2 rings (SSSR count). The molecule has 1 atom stereocenters. The molecule has 0 unspecified atom stereocenters. The van der Waals surface area contributed by atoms with Crippen molar-refractivity contribution in [1.29, 1.82) is 5.26 Å². The van der Waals surface area contributed by atoms with E-state index in [1.807, 2.05) is 0 Å². The molecule has 0 aliphatic carbocycles. The minimum absolute atomic E-state index is 0.00466. The van der Waals surface area contributed by atoms with Crippen molar-refractivity contribution in [1.82, 2.24) is 5.32 Å². The normalized spacial score (nSPS) is 18.6. The van der Waals surface area contributed by atoms with Gasteiger partial charge in [-0.15, -0.1) is 0 Å². The van der Waals surface area contributed by atoms with E-state index in [1.54, 1.807) is 19.1 Å². The first kappa shape index (κ1) is 14.2. The van der Waals surface area contributed by atoms with E-state index in [1.165, 1.54) is 0 Å². The standard InChI is InChI=1S/C13H13N3O3S/c1-7-2-3-10(19-7)8-4-12(18)16-13(9(8)5-14)20-6-11(15)17/h2-3,8H,4,6H2,1H3,(H2,15,17)(H,16,18)/t8-/m1/s1. The van der Waals surface area contributed by atoms with Gasteiger partial charge in [0.2, 0.25) is 11.8 Å². The fourth-order valence-corrected chi connectivity index (χ4v) is 2.78. The SMILES string of the molecule is Cc1ccc([C@@H]2CC(=O)NC(SCC(N)=O)=C2C#N)o1. The molecule has 0 saturated heterocycles. The number of thioether (sulfide) groups is 1. The summed E-state index contributed by atoms with van der Waals surface area (Å²) in [4.78, 5) is 22.6. The predicted molar refractivity (Wildman–Crippen MR) is 73.2 cm³/mol. The van der Waals surface area contributed by atoms with Gasteiger partial charge in [-0.25, -0.2) is 0 Å². The Labute approximate surface area is 120 Å². The Hall–Kier alpha value is -2.20. The number of hydrogen-bond acceptors (Lipinski definition) is 5. The van der Waals surface area contributed by atoms with Gasteiger partial charge in [-0.05, 0) is 19.1 Å². The Bertz CT molecular complexity index is 627. The summed E-state index contributed by atoms with van der Waals surface area (Å²) in [7, 11) is 0. The molecule has 20 heavy (non-hydrogen) atoms. The number of primary amides is 1. The number of carbonyl (C=O) groups excluding carboxylic acids is 2. The minimum Gasteiger partial charge on any atom is -0.466 e. The van der Waals surface area contributed by atoms with Crippen molar-refractivity contribution in [3.63, 3.8) is 0 Å². The average Bonchev–Trinajstić information content (AvgIpc) is 2.82. The molecule has 1 aliphatic heterocycles. The number of hydrogen-bond donors (Lipinski definition) is 2. The van der Waals surface area contributed by atoms with Gasteiger partial charge in [0.25, 0.3) is 0 Å². The van der Waals surface area contributed by atoms with Crippen LogP contribution in [0.15, 0.2) is 27.2 Å². The first-order valence-electron chi connectivity index (χ1n) is 5.92. The molecule has 104 valence electrons. The van der Waals surface area contributed by atoms with E-state index >= 15 is 0 Å². The van der Waals surface area contributed by atoms with Crippen molar-refractivity contribution >= 4 is 23.6 Å². The number of furan rings is 1. The summed E-state index contributed by atoms with van der Waals surface area (Å²) in [5.74, 6) is 0.156. The Morgan fingerprint density at radius 1 is 1.65 bits per heavy atom. The fraction of sp³-hybridized carbons (Fsp3) is 0.308. The monoisotopic (exact) mass is 291 g/mol. The highest BCUT2D eigenvalue weighted by atomic mass is 32.2. The van der Waals surface area contributed by atoms with Crippen molar-refractivity contribution in [2.75, 3.05) is 5.75 Å². The second-order valence-electron chi connectivity index (χ2n) is 4.36. The molecule has 3 N–H and O–H groups in total. The number of nitrogens with zero attached hydrogens (tertiary/aromatic N) is 1. The highest BCUT2D eigenvalue weighted by Crippen LogP contribution is 2.36. The van der Waals surface area contributed by atoms with Gasteiger partial charge < -0.3 is 15.5 Å². The van der Waals surface area contributed by atoms with Gasteiger partial charge in [0.05, 0.1) is 28.3 Å². The maximum Gasteiger partial charge on any atom is 0.227 e. The van der Waals surface area contributed by atoms with Crippen LogP contribution >= 0.6 is 11.8 Å². The summed E-state index contributed by atoms with van der Waals surface area (Å²) in [5, 5.41) is 12.3. The fourth-order valence-electron chi connectivity index (χ4n) is 1.96. The van der Waals surface area contributed by atoms with E-state index < -0.39 is 11.8 Å². The predicted octanol–water partition coefficient (Wildman–Crippen LogP) is 1.15. The molecule has 1 aromatic heterocycles. The molecule has 7 heteroatoms. The quantitative estimate of drug-likeness (QED) is 0.864. The van der Waals surface area contributed by atoms with E-state index in [4.69, 9.17) is 10.2 Å². The van der Waals surface area contributed by atoms with Crippen LogP contribution in [0.3, 0.4) is 0 Å². The lowest BCUT2D eigenvalue weighted by Crippen LogP contribution is -2.31. The van der Waals surface area contributed by atoms with Gasteiger partial charge in [-0.1, -0.05) is 11.8 Å². The van der Waals surface area contributed by atoms with Crippen LogP contribution in [0.5, 0.6) is 0 Å². The lowest BCUT2D eigenvalue weighted by Gasteiger charge is -2.23. The number of amides is 2. The maximum atomic E-state index is 11.7. The third-order valence-electron chi connectivity index (χ3n) is 2.82. The highest BCUT2D eigenvalue weighted by Gasteiger charge is 2.31. The molecule has 6 nitrogen and oxygen atoms in total. The molecule has 1 aromatic rings. The number of rotatable bonds is 4. The van der Waals surface area contributed by atoms with Crippen molar-refractivity contribution in [2.45, 2.75) is 19.3 Å². The third-order valence-corrected chi connectivity index (χ3v) is 3.86. The van der Waals surface area contributed by atoms with E-state index in [9.17, 15) is 14.9 Å². The van der Waals surface area contributed by atoms with Crippen molar-refractivity contribution in [3.05, 3.63) is 34.3 Å². The first-order chi connectivity index (χ1) is 9.51. The van der Waals surface area contributed by atoms with Crippen LogP contribution < -0.4 is 11.1 Å². The summed E-state index contributed by atoms with van der Waals surface area (Å²) in [6.07, 6.45) is 0.149. The first-order valence-corrected chi connectivity index (χ1v) is 6.91. The molecule has 1 aliphatic rings. The summed E-state index contributed by atoms with van der Waals surface area (Å²) in [6, 6.07) is 5.63. The summed E-state index contributed by atoms with van der Waals surface area (Å²) in [5.41, 5.74) is 5.48. The number of aryl methyl sites for hydroxylation is 1. The number of allylic oxidation sites excluding steroid dienone is 1. The zero-order valence-electron chi connectivity index (χ0n) is 10.8. The van der Waals surface area contributed by atoms with Crippen LogP contribution in [0, 0.1) is 18.3 Å². The van der Waals surface area contributed by atoms with Gasteiger partial charge in [-0.2, -0.15) is 5.26 Å². The van der Waals surface area contributed by atoms with Crippen LogP contribution in [0.4, 0.5) is 0 Å². The molecule has 0 bridgehead atoms. The topological polar surface area (TPSA) is 109 Å². The molecular formula is C13H13N3O3S. The second-order valence-corrected chi connectivity index (χ2v) is 5.35. The van der Waals surface area contributed by atoms with E-state index in [2.05, 4.69) is 11.4 Å². The molecular weight excluding hydrogens is 278 g/mol. The van der Waals surface area contributed by atoms with Gasteiger partial charge in [0.15, 0.2) is 0 Å². The Kier molecular flexibility index (Phi) is 4.15. The van der Waals surface area contributed by atoms with E-state index in [0.717, 1.165) is 17.5 Å². The second kappa shape index (κ2) is 5.84. The van der Waals surface area contributed by atoms with Gasteiger partial charge >= 0.3 is 0 Å². The minimum atomic E-state index is -0.509. The largest absolute Gasteiger partial charge is 0.466 e. The molecule has 0 spiro atoms. The Morgan fingerprint density at radius 2 is 2.40 bits per heavy atom. The number of carbonyl (C=O) groups is 2. The molecule has 0 saturated carbocycles. The third kappa shape index (κ3) is 3.03. The molecule has 0 radical (unpaired) electrons. The van der Waals surface area contributed by atoms with Crippen molar-refractivity contribution < 1.29 is 14.0 Å². The van der Waals surface area contributed by atoms with Crippen LogP contribution in [0.1, 0.15) is 23.9 Å². The lowest BCUT2D eigenvalue weighted by molar-refractivity contribution is -0.121. The summed E-state index contributed by atoms with van der Waals surface area (Å²) < 4.78 is 5.51. The Morgan fingerprint density at radius 3 is 2.95 bits per heavy atom. The maximum absolute atomic E-state index is 11.7. The zero-order valence-corrected chi connectivity index (χ0v) is 11.6. The highest BCUT2D eigenvalue weighted by molar-refractivity contribution is 8.03. The molecule has 0 aromatic carbocycles.